The number of terminal acetylenes is 1. The lowest BCUT2D eigenvalue weighted by molar-refractivity contribution is -0.130. The molecular weight excluding hydrogens is 246 g/mol. The molecule has 0 aromatic carbocycles. The van der Waals surface area contributed by atoms with Gasteiger partial charge in [0.15, 0.2) is 0 Å². The van der Waals surface area contributed by atoms with Gasteiger partial charge in [-0.3, -0.25) is 14.9 Å². The van der Waals surface area contributed by atoms with E-state index in [-0.39, 0.29) is 18.4 Å². The first-order valence-electron chi connectivity index (χ1n) is 6.42. The van der Waals surface area contributed by atoms with Crippen molar-refractivity contribution in [2.24, 2.45) is 0 Å². The lowest BCUT2D eigenvalue weighted by atomic mass is 9.99. The highest BCUT2D eigenvalue weighted by Gasteiger charge is 2.51. The zero-order valence-corrected chi connectivity index (χ0v) is 10.7. The van der Waals surface area contributed by atoms with Crippen molar-refractivity contribution in [1.82, 2.24) is 15.5 Å². The number of nitrogens with zero attached hydrogens (tertiary/aromatic N) is 1. The van der Waals surface area contributed by atoms with Crippen LogP contribution in [0.2, 0.25) is 0 Å². The number of unbranched alkanes of at least 4 members (excludes halogenated alkanes) is 2. The Morgan fingerprint density at radius 2 is 2.21 bits per heavy atom. The molecule has 6 nitrogen and oxygen atoms in total. The highest BCUT2D eigenvalue weighted by atomic mass is 16.2. The number of imide groups is 1. The second kappa shape index (κ2) is 5.31. The highest BCUT2D eigenvalue weighted by molar-refractivity contribution is 6.07. The average molecular weight is 263 g/mol. The first-order chi connectivity index (χ1) is 9.07. The summed E-state index contributed by atoms with van der Waals surface area (Å²) >= 11 is 0. The Morgan fingerprint density at radius 3 is 2.84 bits per heavy atom. The van der Waals surface area contributed by atoms with Crippen LogP contribution in [0.5, 0.6) is 0 Å². The number of hydrogen-bond acceptors (Lipinski definition) is 3. The molecule has 2 saturated heterocycles. The van der Waals surface area contributed by atoms with Crippen molar-refractivity contribution < 1.29 is 14.4 Å². The van der Waals surface area contributed by atoms with Crippen LogP contribution in [0.4, 0.5) is 4.79 Å². The summed E-state index contributed by atoms with van der Waals surface area (Å²) in [7, 11) is 0. The second-order valence-electron chi connectivity index (χ2n) is 4.97. The Bertz CT molecular complexity index is 455. The normalized spacial score (nSPS) is 25.3. The third kappa shape index (κ3) is 2.70. The summed E-state index contributed by atoms with van der Waals surface area (Å²) < 4.78 is 0. The monoisotopic (exact) mass is 263 g/mol. The summed E-state index contributed by atoms with van der Waals surface area (Å²) in [4.78, 5) is 36.5. The van der Waals surface area contributed by atoms with Gasteiger partial charge in [0.2, 0.25) is 5.91 Å². The second-order valence-corrected chi connectivity index (χ2v) is 4.97. The van der Waals surface area contributed by atoms with Gasteiger partial charge in [0, 0.05) is 19.4 Å². The van der Waals surface area contributed by atoms with Crippen molar-refractivity contribution in [2.75, 3.05) is 13.1 Å². The van der Waals surface area contributed by atoms with Crippen molar-refractivity contribution in [3.63, 3.8) is 0 Å². The number of likely N-dealkylation sites (tertiary alicyclic amines) is 1. The van der Waals surface area contributed by atoms with Crippen LogP contribution < -0.4 is 10.6 Å². The molecule has 0 aromatic rings. The summed E-state index contributed by atoms with van der Waals surface area (Å²) in [5, 5.41) is 4.84. The van der Waals surface area contributed by atoms with E-state index in [1.54, 1.807) is 4.90 Å². The van der Waals surface area contributed by atoms with Crippen LogP contribution >= 0.6 is 0 Å². The van der Waals surface area contributed by atoms with Gasteiger partial charge in [-0.1, -0.05) is 0 Å². The molecule has 0 radical (unpaired) electrons. The van der Waals surface area contributed by atoms with Crippen LogP contribution in [0, 0.1) is 12.3 Å². The molecule has 102 valence electrons. The molecule has 1 unspecified atom stereocenters. The first-order valence-corrected chi connectivity index (χ1v) is 6.42. The number of nitrogens with one attached hydrogen (secondary N) is 2. The largest absolute Gasteiger partial charge is 0.340 e. The van der Waals surface area contributed by atoms with Crippen molar-refractivity contribution in [3.05, 3.63) is 0 Å². The number of hydrogen-bond donors (Lipinski definition) is 2. The summed E-state index contributed by atoms with van der Waals surface area (Å²) in [6.07, 6.45) is 8.32. The van der Waals surface area contributed by atoms with Gasteiger partial charge in [0.1, 0.15) is 5.54 Å². The topological polar surface area (TPSA) is 78.5 Å². The zero-order valence-electron chi connectivity index (χ0n) is 10.7. The quantitative estimate of drug-likeness (QED) is 0.425. The summed E-state index contributed by atoms with van der Waals surface area (Å²) in [5.41, 5.74) is -0.911. The molecule has 2 heterocycles. The molecule has 2 aliphatic heterocycles. The van der Waals surface area contributed by atoms with E-state index in [1.807, 2.05) is 0 Å². The zero-order chi connectivity index (χ0) is 13.9. The fourth-order valence-corrected chi connectivity index (χ4v) is 2.50. The number of urea groups is 1. The predicted molar refractivity (Wildman–Crippen MR) is 67.9 cm³/mol. The van der Waals surface area contributed by atoms with E-state index in [0.717, 1.165) is 12.8 Å². The SMILES string of the molecule is C#CCCCCC(=O)N1CCC2(C1)NC(=O)NC2=O. The molecule has 0 aromatic heterocycles. The predicted octanol–water partition coefficient (Wildman–Crippen LogP) is -0.00950. The minimum absolute atomic E-state index is 0.0165. The van der Waals surface area contributed by atoms with E-state index < -0.39 is 11.6 Å². The van der Waals surface area contributed by atoms with Crippen LogP contribution in [0.3, 0.4) is 0 Å². The number of carbonyl (C=O) groups excluding carboxylic acids is 3. The van der Waals surface area contributed by atoms with E-state index >= 15 is 0 Å². The van der Waals surface area contributed by atoms with Crippen LogP contribution in [0.25, 0.3) is 0 Å². The van der Waals surface area contributed by atoms with Crippen LogP contribution in [-0.4, -0.2) is 41.4 Å². The first kappa shape index (κ1) is 13.4. The van der Waals surface area contributed by atoms with Gasteiger partial charge in [-0.2, -0.15) is 0 Å². The van der Waals surface area contributed by atoms with Crippen molar-refractivity contribution in [3.8, 4) is 12.3 Å². The molecule has 0 saturated carbocycles. The van der Waals surface area contributed by atoms with E-state index in [1.165, 1.54) is 0 Å². The minimum Gasteiger partial charge on any atom is -0.340 e. The average Bonchev–Trinajstić information content (AvgIpc) is 2.90. The van der Waals surface area contributed by atoms with Gasteiger partial charge in [-0.25, -0.2) is 4.79 Å². The third-order valence-corrected chi connectivity index (χ3v) is 3.60. The molecule has 2 N–H and O–H groups in total. The molecule has 2 aliphatic rings. The summed E-state index contributed by atoms with van der Waals surface area (Å²) in [5.74, 6) is 2.22. The Morgan fingerprint density at radius 1 is 1.42 bits per heavy atom. The summed E-state index contributed by atoms with van der Waals surface area (Å²) in [6.45, 7) is 0.764. The maximum Gasteiger partial charge on any atom is 0.322 e. The maximum absolute atomic E-state index is 12.0. The fourth-order valence-electron chi connectivity index (χ4n) is 2.50. The Labute approximate surface area is 111 Å². The van der Waals surface area contributed by atoms with Gasteiger partial charge in [0.05, 0.1) is 6.54 Å². The molecular formula is C13H17N3O3. The van der Waals surface area contributed by atoms with E-state index in [9.17, 15) is 14.4 Å². The van der Waals surface area contributed by atoms with E-state index in [4.69, 9.17) is 6.42 Å². The van der Waals surface area contributed by atoms with Gasteiger partial charge in [0.25, 0.3) is 5.91 Å². The lowest BCUT2D eigenvalue weighted by Crippen LogP contribution is -2.49. The molecule has 2 rings (SSSR count). The third-order valence-electron chi connectivity index (χ3n) is 3.60. The Balaban J connectivity index is 1.85. The van der Waals surface area contributed by atoms with Crippen LogP contribution in [-0.2, 0) is 9.59 Å². The highest BCUT2D eigenvalue weighted by Crippen LogP contribution is 2.25. The maximum atomic E-state index is 12.0. The minimum atomic E-state index is -0.911. The van der Waals surface area contributed by atoms with E-state index in [0.29, 0.717) is 25.8 Å². The number of carbonyl (C=O) groups is 3. The molecule has 0 bridgehead atoms. The number of rotatable bonds is 4. The Kier molecular flexibility index (Phi) is 3.74. The van der Waals surface area contributed by atoms with Gasteiger partial charge in [-0.05, 0) is 19.3 Å². The van der Waals surface area contributed by atoms with Gasteiger partial charge in [-0.15, -0.1) is 12.3 Å². The summed E-state index contributed by atoms with van der Waals surface area (Å²) in [6, 6.07) is -0.478. The van der Waals surface area contributed by atoms with Crippen molar-refractivity contribution in [2.45, 2.75) is 37.6 Å². The van der Waals surface area contributed by atoms with Crippen LogP contribution in [0.15, 0.2) is 0 Å². The molecule has 19 heavy (non-hydrogen) atoms. The lowest BCUT2D eigenvalue weighted by Gasteiger charge is -2.21. The molecule has 1 spiro atoms. The van der Waals surface area contributed by atoms with Crippen molar-refractivity contribution >= 4 is 17.8 Å². The van der Waals surface area contributed by atoms with Gasteiger partial charge < -0.3 is 10.2 Å². The molecule has 2 fully saturated rings. The molecule has 0 aliphatic carbocycles. The number of amides is 4. The smallest absolute Gasteiger partial charge is 0.322 e. The van der Waals surface area contributed by atoms with E-state index in [2.05, 4.69) is 16.6 Å². The molecule has 4 amide bonds. The van der Waals surface area contributed by atoms with Crippen LogP contribution in [0.1, 0.15) is 32.1 Å². The Hall–Kier alpha value is -2.03. The van der Waals surface area contributed by atoms with Gasteiger partial charge >= 0.3 is 6.03 Å². The fraction of sp³-hybridized carbons (Fsp3) is 0.615. The standard InChI is InChI=1S/C13H17N3O3/c1-2-3-4-5-6-10(17)16-8-7-13(9-16)11(18)14-12(19)15-13/h1H,3-9H2,(H2,14,15,18,19). The molecule has 1 atom stereocenters. The van der Waals surface area contributed by atoms with Crippen molar-refractivity contribution in [1.29, 1.82) is 0 Å². The molecule has 6 heteroatoms.